The second kappa shape index (κ2) is 5.61. The molecule has 0 fully saturated rings. The van der Waals surface area contributed by atoms with Crippen LogP contribution in [0.3, 0.4) is 0 Å². The van der Waals surface area contributed by atoms with E-state index in [-0.39, 0.29) is 4.90 Å². The van der Waals surface area contributed by atoms with Crippen LogP contribution < -0.4 is 9.46 Å². The number of nitrogens with zero attached hydrogens (tertiary/aromatic N) is 2. The van der Waals surface area contributed by atoms with Crippen molar-refractivity contribution in [2.75, 3.05) is 6.61 Å². The summed E-state index contributed by atoms with van der Waals surface area (Å²) in [5.74, 6) is 0.0807. The molecule has 1 aliphatic rings. The lowest BCUT2D eigenvalue weighted by atomic mass is 10.0. The molecule has 0 saturated carbocycles. The summed E-state index contributed by atoms with van der Waals surface area (Å²) in [4.78, 5) is 0.171. The molecule has 1 aliphatic heterocycles. The van der Waals surface area contributed by atoms with Gasteiger partial charge in [-0.2, -0.15) is 5.10 Å². The second-order valence-corrected chi connectivity index (χ2v) is 7.27. The Hall–Kier alpha value is -1.93. The van der Waals surface area contributed by atoms with Gasteiger partial charge in [0.15, 0.2) is 0 Å². The first-order valence-electron chi connectivity index (χ1n) is 7.24. The van der Waals surface area contributed by atoms with Crippen molar-refractivity contribution >= 4 is 10.0 Å². The van der Waals surface area contributed by atoms with Crippen LogP contribution in [0.15, 0.2) is 23.1 Å². The number of hydrogen-bond acceptors (Lipinski definition) is 4. The Morgan fingerprint density at radius 3 is 2.78 bits per heavy atom. The van der Waals surface area contributed by atoms with Crippen LogP contribution in [0.1, 0.15) is 29.4 Å². The Kier molecular flexibility index (Phi) is 3.89. The Bertz CT molecular complexity index is 861. The summed E-state index contributed by atoms with van der Waals surface area (Å²) in [5, 5.41) is 4.14. The lowest BCUT2D eigenvalue weighted by Crippen LogP contribution is -2.32. The highest BCUT2D eigenvalue weighted by molar-refractivity contribution is 7.89. The molecule has 8 heteroatoms. The number of halogens is 1. The highest BCUT2D eigenvalue weighted by atomic mass is 32.2. The second-order valence-electron chi connectivity index (χ2n) is 5.62. The SMILES string of the molecule is Cc1nn(C)c(C)c1S(=O)(=O)N[C@@H]1CCOc2ccc(F)cc21. The molecule has 0 bridgehead atoms. The number of nitrogens with one attached hydrogen (secondary N) is 1. The molecule has 0 radical (unpaired) electrons. The topological polar surface area (TPSA) is 73.2 Å². The molecule has 124 valence electrons. The fraction of sp³-hybridized carbons (Fsp3) is 0.400. The molecule has 3 rings (SSSR count). The first-order valence-corrected chi connectivity index (χ1v) is 8.72. The molecule has 0 saturated heterocycles. The monoisotopic (exact) mass is 339 g/mol. The summed E-state index contributed by atoms with van der Waals surface area (Å²) in [5.41, 5.74) is 1.50. The third kappa shape index (κ3) is 2.84. The summed E-state index contributed by atoms with van der Waals surface area (Å²) in [6, 6.07) is 3.60. The third-order valence-electron chi connectivity index (χ3n) is 4.02. The normalized spacial score (nSPS) is 17.7. The molecule has 1 aromatic heterocycles. The molecule has 0 amide bonds. The van der Waals surface area contributed by atoms with Crippen LogP contribution in [0.4, 0.5) is 4.39 Å². The van der Waals surface area contributed by atoms with Gasteiger partial charge in [-0.3, -0.25) is 4.68 Å². The largest absolute Gasteiger partial charge is 0.493 e. The standard InChI is InChI=1S/C15H18FN3O3S/c1-9-15(10(2)19(3)17-9)23(20,21)18-13-6-7-22-14-5-4-11(16)8-12(13)14/h4-5,8,13,18H,6-7H2,1-3H3/t13-/m1/s1. The molecule has 0 unspecified atom stereocenters. The Morgan fingerprint density at radius 2 is 2.13 bits per heavy atom. The molecule has 23 heavy (non-hydrogen) atoms. The van der Waals surface area contributed by atoms with Gasteiger partial charge >= 0.3 is 0 Å². The predicted octanol–water partition coefficient (Wildman–Crippen LogP) is 1.98. The minimum atomic E-state index is -3.77. The lowest BCUT2D eigenvalue weighted by molar-refractivity contribution is 0.262. The van der Waals surface area contributed by atoms with Gasteiger partial charge in [0.25, 0.3) is 0 Å². The van der Waals surface area contributed by atoms with E-state index in [1.807, 2.05) is 0 Å². The summed E-state index contributed by atoms with van der Waals surface area (Å²) in [7, 11) is -2.07. The van der Waals surface area contributed by atoms with E-state index in [0.717, 1.165) is 0 Å². The van der Waals surface area contributed by atoms with Gasteiger partial charge in [0.2, 0.25) is 10.0 Å². The lowest BCUT2D eigenvalue weighted by Gasteiger charge is -2.26. The van der Waals surface area contributed by atoms with E-state index in [2.05, 4.69) is 9.82 Å². The van der Waals surface area contributed by atoms with E-state index in [4.69, 9.17) is 4.74 Å². The first kappa shape index (κ1) is 15.9. The van der Waals surface area contributed by atoms with E-state index < -0.39 is 21.9 Å². The van der Waals surface area contributed by atoms with Crippen molar-refractivity contribution in [2.24, 2.45) is 7.05 Å². The molecule has 0 aliphatic carbocycles. The molecule has 6 nitrogen and oxygen atoms in total. The van der Waals surface area contributed by atoms with E-state index >= 15 is 0 Å². The van der Waals surface area contributed by atoms with E-state index in [0.29, 0.717) is 35.7 Å². The van der Waals surface area contributed by atoms with E-state index in [1.54, 1.807) is 20.9 Å². The molecule has 1 atom stereocenters. The number of aromatic nitrogens is 2. The highest BCUT2D eigenvalue weighted by Crippen LogP contribution is 2.34. The van der Waals surface area contributed by atoms with Crippen molar-refractivity contribution in [1.29, 1.82) is 0 Å². The summed E-state index contributed by atoms with van der Waals surface area (Å²) in [6.07, 6.45) is 0.439. The van der Waals surface area contributed by atoms with Gasteiger partial charge in [0.1, 0.15) is 16.5 Å². The van der Waals surface area contributed by atoms with E-state index in [1.165, 1.54) is 22.9 Å². The molecule has 2 aromatic rings. The van der Waals surface area contributed by atoms with Crippen LogP contribution in [0.25, 0.3) is 0 Å². The number of ether oxygens (including phenoxy) is 1. The van der Waals surface area contributed by atoms with Gasteiger partial charge in [-0.1, -0.05) is 0 Å². The Morgan fingerprint density at radius 1 is 1.39 bits per heavy atom. The number of sulfonamides is 1. The van der Waals surface area contributed by atoms with Crippen molar-refractivity contribution in [3.05, 3.63) is 41.0 Å². The van der Waals surface area contributed by atoms with Crippen molar-refractivity contribution < 1.29 is 17.5 Å². The van der Waals surface area contributed by atoms with Crippen molar-refractivity contribution in [1.82, 2.24) is 14.5 Å². The van der Waals surface area contributed by atoms with Crippen LogP contribution >= 0.6 is 0 Å². The summed E-state index contributed by atoms with van der Waals surface area (Å²) < 4.78 is 48.7. The zero-order valence-corrected chi connectivity index (χ0v) is 13.9. The van der Waals surface area contributed by atoms with Crippen molar-refractivity contribution in [2.45, 2.75) is 31.2 Å². The summed E-state index contributed by atoms with van der Waals surface area (Å²) >= 11 is 0. The molecular formula is C15H18FN3O3S. The van der Waals surface area contributed by atoms with Gasteiger partial charge < -0.3 is 4.74 Å². The number of hydrogen-bond donors (Lipinski definition) is 1. The molecule has 1 N–H and O–H groups in total. The maximum absolute atomic E-state index is 13.5. The number of benzene rings is 1. The number of aryl methyl sites for hydroxylation is 2. The van der Waals surface area contributed by atoms with Gasteiger partial charge in [-0.15, -0.1) is 0 Å². The van der Waals surface area contributed by atoms with E-state index in [9.17, 15) is 12.8 Å². The zero-order valence-electron chi connectivity index (χ0n) is 13.1. The highest BCUT2D eigenvalue weighted by Gasteiger charge is 2.30. The minimum Gasteiger partial charge on any atom is -0.493 e. The number of fused-ring (bicyclic) bond motifs is 1. The third-order valence-corrected chi connectivity index (χ3v) is 5.74. The van der Waals surface area contributed by atoms with Gasteiger partial charge in [0, 0.05) is 19.0 Å². The maximum atomic E-state index is 13.5. The molecular weight excluding hydrogens is 321 g/mol. The average Bonchev–Trinajstić information content (AvgIpc) is 2.73. The molecule has 1 aromatic carbocycles. The summed E-state index contributed by atoms with van der Waals surface area (Å²) in [6.45, 7) is 3.72. The fourth-order valence-electron chi connectivity index (χ4n) is 2.88. The van der Waals surface area contributed by atoms with Crippen LogP contribution in [-0.4, -0.2) is 24.8 Å². The van der Waals surface area contributed by atoms with Crippen molar-refractivity contribution in [3.63, 3.8) is 0 Å². The Balaban J connectivity index is 1.98. The quantitative estimate of drug-likeness (QED) is 0.928. The Labute approximate surface area is 134 Å². The van der Waals surface area contributed by atoms with Crippen LogP contribution in [-0.2, 0) is 17.1 Å². The molecule has 2 heterocycles. The van der Waals surface area contributed by atoms with Gasteiger partial charge in [-0.05, 0) is 32.0 Å². The van der Waals surface area contributed by atoms with Crippen LogP contribution in [0, 0.1) is 19.7 Å². The minimum absolute atomic E-state index is 0.171. The maximum Gasteiger partial charge on any atom is 0.244 e. The van der Waals surface area contributed by atoms with Gasteiger partial charge in [-0.25, -0.2) is 17.5 Å². The smallest absolute Gasteiger partial charge is 0.244 e. The number of rotatable bonds is 3. The fourth-order valence-corrected chi connectivity index (χ4v) is 4.57. The van der Waals surface area contributed by atoms with Crippen molar-refractivity contribution in [3.8, 4) is 5.75 Å². The first-order chi connectivity index (χ1) is 10.8. The predicted molar refractivity (Wildman–Crippen MR) is 82.3 cm³/mol. The zero-order chi connectivity index (χ0) is 16.8. The molecule has 0 spiro atoms. The average molecular weight is 339 g/mol. The van der Waals surface area contributed by atoms with Crippen LogP contribution in [0.5, 0.6) is 5.75 Å². The van der Waals surface area contributed by atoms with Gasteiger partial charge in [0.05, 0.1) is 24.0 Å². The van der Waals surface area contributed by atoms with Crippen LogP contribution in [0.2, 0.25) is 0 Å².